The molecule has 5 aromatic rings. The first kappa shape index (κ1) is 25.6. The molecule has 0 unspecified atom stereocenters. The first-order valence-electron chi connectivity index (χ1n) is 13.0. The van der Waals surface area contributed by atoms with Crippen molar-refractivity contribution in [1.29, 1.82) is 5.26 Å². The predicted molar refractivity (Wildman–Crippen MR) is 149 cm³/mol. The lowest BCUT2D eigenvalue weighted by atomic mass is 9.96. The second-order valence-electron chi connectivity index (χ2n) is 9.95. The van der Waals surface area contributed by atoms with Crippen LogP contribution >= 0.6 is 0 Å². The summed E-state index contributed by atoms with van der Waals surface area (Å²) in [6.45, 7) is 1.54. The number of nitriles is 1. The molecule has 1 aliphatic rings. The van der Waals surface area contributed by atoms with Crippen molar-refractivity contribution in [2.75, 3.05) is 20.3 Å². The summed E-state index contributed by atoms with van der Waals surface area (Å²) in [6.07, 6.45) is 6.77. The van der Waals surface area contributed by atoms with Crippen LogP contribution in [0.3, 0.4) is 0 Å². The van der Waals surface area contributed by atoms with Crippen LogP contribution in [0.1, 0.15) is 37.0 Å². The van der Waals surface area contributed by atoms with Gasteiger partial charge in [-0.25, -0.2) is 14.2 Å². The van der Waals surface area contributed by atoms with E-state index in [1.54, 1.807) is 36.3 Å². The molecule has 0 bridgehead atoms. The van der Waals surface area contributed by atoms with Crippen molar-refractivity contribution in [2.24, 2.45) is 7.05 Å². The van der Waals surface area contributed by atoms with E-state index >= 15 is 4.39 Å². The highest BCUT2D eigenvalue weighted by Crippen LogP contribution is 2.41. The van der Waals surface area contributed by atoms with E-state index in [9.17, 15) is 10.1 Å². The van der Waals surface area contributed by atoms with E-state index < -0.39 is 11.5 Å². The fraction of sp³-hybridized carbons (Fsp3) is 0.276. The Kier molecular flexibility index (Phi) is 6.71. The number of fused-ring (bicyclic) bond motifs is 1. The average molecular weight is 541 g/mol. The highest BCUT2D eigenvalue weighted by atomic mass is 19.1. The first-order chi connectivity index (χ1) is 19.5. The maximum absolute atomic E-state index is 15.1. The standard InChI is InChI=1S/C29H27FN8O2.H2/c1-36-17-33-35-28(36)23-9-18(13-31)3-6-22(23)21-11-25(20-4-5-20)34-27(12-21)38-16-26-24(30)10-19(14-32-7-8-40-2)15-37(26)29(38)39;/h3,6,9-12,15-17,20,32H,4-5,7-8,14H2,1-2H3;1H. The number of nitrogens with one attached hydrogen (secondary N) is 1. The minimum absolute atomic E-state index is 0. The number of methoxy groups -OCH3 is 1. The lowest BCUT2D eigenvalue weighted by Crippen LogP contribution is -2.22. The fourth-order valence-corrected chi connectivity index (χ4v) is 4.85. The largest absolute Gasteiger partial charge is 0.383 e. The van der Waals surface area contributed by atoms with Gasteiger partial charge in [-0.2, -0.15) is 5.26 Å². The Morgan fingerprint density at radius 3 is 2.77 bits per heavy atom. The minimum Gasteiger partial charge on any atom is -0.383 e. The topological polar surface area (TPSA) is 115 Å². The maximum Gasteiger partial charge on any atom is 0.338 e. The summed E-state index contributed by atoms with van der Waals surface area (Å²) in [5, 5.41) is 21.0. The monoisotopic (exact) mass is 540 g/mol. The molecule has 1 N–H and O–H groups in total. The lowest BCUT2D eigenvalue weighted by Gasteiger charge is -2.13. The van der Waals surface area contributed by atoms with Crippen molar-refractivity contribution < 1.29 is 10.6 Å². The molecule has 4 aromatic heterocycles. The third-order valence-corrected chi connectivity index (χ3v) is 7.07. The molecule has 1 fully saturated rings. The molecule has 1 aliphatic carbocycles. The molecule has 10 nitrogen and oxygen atoms in total. The number of rotatable bonds is 9. The van der Waals surface area contributed by atoms with Crippen LogP contribution in [0.25, 0.3) is 33.8 Å². The van der Waals surface area contributed by atoms with E-state index in [-0.39, 0.29) is 6.94 Å². The van der Waals surface area contributed by atoms with Gasteiger partial charge in [-0.05, 0) is 59.9 Å². The Balaban J connectivity index is 0.00000337. The van der Waals surface area contributed by atoms with Crippen LogP contribution in [0.2, 0.25) is 0 Å². The van der Waals surface area contributed by atoms with Crippen molar-refractivity contribution in [3.05, 3.63) is 88.2 Å². The normalized spacial score (nSPS) is 13.2. The number of hydrogen-bond acceptors (Lipinski definition) is 7. The van der Waals surface area contributed by atoms with E-state index in [1.807, 2.05) is 25.2 Å². The molecule has 0 radical (unpaired) electrons. The van der Waals surface area contributed by atoms with E-state index in [2.05, 4.69) is 21.6 Å². The van der Waals surface area contributed by atoms with Crippen molar-refractivity contribution in [3.63, 3.8) is 0 Å². The maximum atomic E-state index is 15.1. The van der Waals surface area contributed by atoms with Gasteiger partial charge in [0.05, 0.1) is 18.2 Å². The van der Waals surface area contributed by atoms with Gasteiger partial charge in [0, 0.05) is 58.2 Å². The Morgan fingerprint density at radius 1 is 1.20 bits per heavy atom. The minimum atomic E-state index is -0.489. The second kappa shape index (κ2) is 10.5. The van der Waals surface area contributed by atoms with E-state index in [1.165, 1.54) is 21.2 Å². The van der Waals surface area contributed by atoms with E-state index in [0.29, 0.717) is 48.4 Å². The Bertz CT molecular complexity index is 1830. The number of benzene rings is 1. The van der Waals surface area contributed by atoms with Gasteiger partial charge in [0.25, 0.3) is 0 Å². The predicted octanol–water partition coefficient (Wildman–Crippen LogP) is 3.82. The Labute approximate surface area is 230 Å². The SMILES string of the molecule is COCCNCc1cc(F)c2cn(-c3cc(-c4ccc(C#N)cc4-c4nncn4C)cc(C4CC4)n3)c(=O)n2c1.[HH]. The zero-order chi connectivity index (χ0) is 27.8. The van der Waals surface area contributed by atoms with Crippen LogP contribution in [0, 0.1) is 17.1 Å². The van der Waals surface area contributed by atoms with Crippen LogP contribution in [0.15, 0.2) is 59.9 Å². The number of aromatic nitrogens is 6. The molecule has 6 rings (SSSR count). The molecule has 0 saturated heterocycles. The summed E-state index contributed by atoms with van der Waals surface area (Å²) in [5.41, 5.74) is 4.16. The van der Waals surface area contributed by atoms with Gasteiger partial charge in [0.15, 0.2) is 5.82 Å². The molecular formula is C29H29FN8O2. The van der Waals surface area contributed by atoms with Gasteiger partial charge in [-0.15, -0.1) is 10.2 Å². The first-order valence-corrected chi connectivity index (χ1v) is 13.0. The molecule has 1 saturated carbocycles. The fourth-order valence-electron chi connectivity index (χ4n) is 4.85. The molecule has 11 heteroatoms. The summed E-state index contributed by atoms with van der Waals surface area (Å²) in [6, 6.07) is 12.9. The summed E-state index contributed by atoms with van der Waals surface area (Å²) in [5.74, 6) is 0.821. The molecule has 0 aliphatic heterocycles. The molecule has 204 valence electrons. The average Bonchev–Trinajstić information content (AvgIpc) is 3.65. The molecule has 4 heterocycles. The van der Waals surface area contributed by atoms with Crippen molar-refractivity contribution in [2.45, 2.75) is 25.3 Å². The Hall–Kier alpha value is -4.66. The van der Waals surface area contributed by atoms with Crippen LogP contribution in [0.4, 0.5) is 4.39 Å². The zero-order valence-electron chi connectivity index (χ0n) is 22.1. The molecule has 40 heavy (non-hydrogen) atoms. The number of imidazole rings is 1. The van der Waals surface area contributed by atoms with Crippen LogP contribution in [0.5, 0.6) is 0 Å². The summed E-state index contributed by atoms with van der Waals surface area (Å²) >= 11 is 0. The number of aryl methyl sites for hydroxylation is 1. The molecule has 0 atom stereocenters. The summed E-state index contributed by atoms with van der Waals surface area (Å²) < 4.78 is 24.7. The highest BCUT2D eigenvalue weighted by molar-refractivity contribution is 5.82. The van der Waals surface area contributed by atoms with Crippen LogP contribution in [-0.4, -0.2) is 49.0 Å². The van der Waals surface area contributed by atoms with Gasteiger partial charge in [-0.1, -0.05) is 6.07 Å². The van der Waals surface area contributed by atoms with Crippen LogP contribution < -0.4 is 11.0 Å². The summed E-state index contributed by atoms with van der Waals surface area (Å²) in [7, 11) is 3.46. The highest BCUT2D eigenvalue weighted by Gasteiger charge is 2.27. The zero-order valence-corrected chi connectivity index (χ0v) is 22.1. The molecular weight excluding hydrogens is 511 g/mol. The van der Waals surface area contributed by atoms with Gasteiger partial charge in [-0.3, -0.25) is 8.97 Å². The lowest BCUT2D eigenvalue weighted by molar-refractivity contribution is 0.199. The van der Waals surface area contributed by atoms with Crippen molar-refractivity contribution >= 4 is 5.52 Å². The quantitative estimate of drug-likeness (QED) is 0.283. The van der Waals surface area contributed by atoms with Gasteiger partial charge in [0.1, 0.15) is 23.5 Å². The molecule has 0 spiro atoms. The van der Waals surface area contributed by atoms with E-state index in [4.69, 9.17) is 9.72 Å². The third-order valence-electron chi connectivity index (χ3n) is 7.07. The van der Waals surface area contributed by atoms with E-state index in [0.717, 1.165) is 35.2 Å². The Morgan fingerprint density at radius 2 is 2.05 bits per heavy atom. The molecule has 0 amide bonds. The third kappa shape index (κ3) is 4.79. The van der Waals surface area contributed by atoms with Crippen molar-refractivity contribution in [1.82, 2.24) is 34.0 Å². The van der Waals surface area contributed by atoms with Gasteiger partial charge >= 0.3 is 5.69 Å². The van der Waals surface area contributed by atoms with Crippen LogP contribution in [-0.2, 0) is 18.3 Å². The summed E-state index contributed by atoms with van der Waals surface area (Å²) in [4.78, 5) is 18.4. The number of halogens is 1. The number of ether oxygens (including phenoxy) is 1. The van der Waals surface area contributed by atoms with Gasteiger partial charge < -0.3 is 14.6 Å². The smallest absolute Gasteiger partial charge is 0.338 e. The molecule has 1 aromatic carbocycles. The van der Waals surface area contributed by atoms with Gasteiger partial charge in [0.2, 0.25) is 0 Å². The number of hydrogen-bond donors (Lipinski definition) is 1. The number of pyridine rings is 2. The second-order valence-corrected chi connectivity index (χ2v) is 9.95. The number of nitrogens with zero attached hydrogens (tertiary/aromatic N) is 7. The van der Waals surface area contributed by atoms with Crippen molar-refractivity contribution in [3.8, 4) is 34.4 Å².